The van der Waals surface area contributed by atoms with Crippen molar-refractivity contribution in [3.63, 3.8) is 0 Å². The van der Waals surface area contributed by atoms with Gasteiger partial charge < -0.3 is 0 Å². The van der Waals surface area contributed by atoms with Gasteiger partial charge in [-0.05, 0) is 6.42 Å². The monoisotopic (exact) mass is 184 g/mol. The van der Waals surface area contributed by atoms with Gasteiger partial charge in [0.05, 0.1) is 0 Å². The van der Waals surface area contributed by atoms with E-state index in [1.54, 1.807) is 0 Å². The summed E-state index contributed by atoms with van der Waals surface area (Å²) >= 11 is 3.11. The summed E-state index contributed by atoms with van der Waals surface area (Å²) in [7, 11) is 0. The molecular weight excluding hydrogens is 178 g/mol. The van der Waals surface area contributed by atoms with Crippen LogP contribution in [0, 0.1) is 5.92 Å². The van der Waals surface area contributed by atoms with Crippen molar-refractivity contribution in [2.45, 2.75) is 18.8 Å². The Balaban J connectivity index is 2.17. The molecule has 0 aliphatic heterocycles. The lowest BCUT2D eigenvalue weighted by atomic mass is 10.3. The fourth-order valence-electron chi connectivity index (χ4n) is 0.715. The van der Waals surface area contributed by atoms with Gasteiger partial charge >= 0.3 is 0 Å². The van der Waals surface area contributed by atoms with Crippen LogP contribution < -0.4 is 0 Å². The van der Waals surface area contributed by atoms with Crippen LogP contribution in [0.1, 0.15) is 12.8 Å². The smallest absolute Gasteiger partial charge is 0.207 e. The molecule has 0 aromatic heterocycles. The van der Waals surface area contributed by atoms with E-state index in [0.717, 1.165) is 0 Å². The molecule has 8 heavy (non-hydrogen) atoms. The van der Waals surface area contributed by atoms with Crippen molar-refractivity contribution in [1.29, 1.82) is 0 Å². The molecule has 1 rings (SSSR count). The van der Waals surface area contributed by atoms with Gasteiger partial charge in [-0.25, -0.2) is 8.78 Å². The molecule has 1 saturated carbocycles. The summed E-state index contributed by atoms with van der Waals surface area (Å²) < 4.78 is 23.9. The first-order valence-electron chi connectivity index (χ1n) is 2.60. The van der Waals surface area contributed by atoms with Gasteiger partial charge in [-0.1, -0.05) is 15.9 Å². The summed E-state index contributed by atoms with van der Waals surface area (Å²) in [4.78, 5) is 0. The molecule has 0 nitrogen and oxygen atoms in total. The molecule has 0 saturated heterocycles. The topological polar surface area (TPSA) is 0 Å². The van der Waals surface area contributed by atoms with Crippen molar-refractivity contribution in [2.75, 3.05) is 5.33 Å². The molecule has 0 bridgehead atoms. The Kier molecular flexibility index (Phi) is 1.56. The summed E-state index contributed by atoms with van der Waals surface area (Å²) in [6, 6.07) is 0. The Bertz CT molecular complexity index is 92.4. The second-order valence-electron chi connectivity index (χ2n) is 2.14. The van der Waals surface area contributed by atoms with Gasteiger partial charge in [0.2, 0.25) is 0 Å². The summed E-state index contributed by atoms with van der Waals surface area (Å²) in [5.41, 5.74) is 0. The minimum absolute atomic E-state index is 0.110. The molecule has 3 heteroatoms. The Morgan fingerprint density at radius 2 is 2.12 bits per heavy atom. The third kappa shape index (κ3) is 1.19. The highest BCUT2D eigenvalue weighted by Crippen LogP contribution is 2.50. The highest BCUT2D eigenvalue weighted by Gasteiger charge is 2.55. The molecule has 48 valence electrons. The molecule has 0 N–H and O–H groups in total. The van der Waals surface area contributed by atoms with Crippen molar-refractivity contribution in [3.05, 3.63) is 0 Å². The molecule has 1 fully saturated rings. The third-order valence-electron chi connectivity index (χ3n) is 1.41. The zero-order valence-corrected chi connectivity index (χ0v) is 5.92. The highest BCUT2D eigenvalue weighted by molar-refractivity contribution is 9.09. The number of hydrogen-bond acceptors (Lipinski definition) is 0. The quantitative estimate of drug-likeness (QED) is 0.579. The first-order chi connectivity index (χ1) is 3.67. The van der Waals surface area contributed by atoms with Gasteiger partial charge in [-0.2, -0.15) is 0 Å². The molecule has 1 atom stereocenters. The first-order valence-corrected chi connectivity index (χ1v) is 3.73. The van der Waals surface area contributed by atoms with Crippen LogP contribution in [0.5, 0.6) is 0 Å². The number of halogens is 3. The van der Waals surface area contributed by atoms with Crippen LogP contribution in [0.15, 0.2) is 0 Å². The maximum absolute atomic E-state index is 12.0. The Hall–Kier alpha value is 0.340. The number of rotatable bonds is 2. The van der Waals surface area contributed by atoms with E-state index in [1.807, 2.05) is 0 Å². The molecule has 0 aromatic carbocycles. The summed E-state index contributed by atoms with van der Waals surface area (Å²) in [6.45, 7) is 0. The Labute approximate surface area is 55.4 Å². The standard InChI is InChI=1S/C5H7BrF2/c6-2-1-4-3-5(4,7)8/h4H,1-3H2. The molecule has 1 unspecified atom stereocenters. The van der Waals surface area contributed by atoms with Crippen molar-refractivity contribution in [1.82, 2.24) is 0 Å². The maximum Gasteiger partial charge on any atom is 0.251 e. The van der Waals surface area contributed by atoms with E-state index < -0.39 is 5.92 Å². The van der Waals surface area contributed by atoms with E-state index >= 15 is 0 Å². The fraction of sp³-hybridized carbons (Fsp3) is 1.00. The van der Waals surface area contributed by atoms with Gasteiger partial charge in [-0.15, -0.1) is 0 Å². The molecule has 0 aromatic rings. The van der Waals surface area contributed by atoms with Crippen LogP contribution in [-0.2, 0) is 0 Å². The summed E-state index contributed by atoms with van der Waals surface area (Å²) in [5, 5.41) is 0.702. The van der Waals surface area contributed by atoms with Crippen molar-refractivity contribution < 1.29 is 8.78 Å². The lowest BCUT2D eigenvalue weighted by Crippen LogP contribution is -1.92. The van der Waals surface area contributed by atoms with Gasteiger partial charge in [0.25, 0.3) is 5.92 Å². The summed E-state index contributed by atoms with van der Waals surface area (Å²) in [5.74, 6) is -2.63. The lowest BCUT2D eigenvalue weighted by Gasteiger charge is -1.90. The minimum Gasteiger partial charge on any atom is -0.207 e. The van der Waals surface area contributed by atoms with Crippen LogP contribution in [-0.4, -0.2) is 11.3 Å². The van der Waals surface area contributed by atoms with Crippen LogP contribution in [0.25, 0.3) is 0 Å². The Morgan fingerprint density at radius 3 is 2.25 bits per heavy atom. The first kappa shape index (κ1) is 6.46. The maximum atomic E-state index is 12.0. The second kappa shape index (κ2) is 1.94. The van der Waals surface area contributed by atoms with E-state index in [4.69, 9.17) is 0 Å². The molecule has 0 spiro atoms. The third-order valence-corrected chi connectivity index (χ3v) is 1.87. The normalized spacial score (nSPS) is 32.6. The zero-order chi connectivity index (χ0) is 6.20. The SMILES string of the molecule is FC1(F)CC1CCBr. The Morgan fingerprint density at radius 1 is 1.62 bits per heavy atom. The van der Waals surface area contributed by atoms with Crippen LogP contribution >= 0.6 is 15.9 Å². The van der Waals surface area contributed by atoms with E-state index in [2.05, 4.69) is 15.9 Å². The predicted octanol–water partition coefficient (Wildman–Crippen LogP) is 2.43. The molecule has 0 heterocycles. The number of hydrogen-bond donors (Lipinski definition) is 0. The average molecular weight is 185 g/mol. The van der Waals surface area contributed by atoms with Crippen molar-refractivity contribution >= 4 is 15.9 Å². The van der Waals surface area contributed by atoms with Gasteiger partial charge in [-0.3, -0.25) is 0 Å². The largest absolute Gasteiger partial charge is 0.251 e. The zero-order valence-electron chi connectivity index (χ0n) is 4.33. The number of alkyl halides is 3. The van der Waals surface area contributed by atoms with E-state index in [9.17, 15) is 8.78 Å². The molecule has 1 aliphatic rings. The van der Waals surface area contributed by atoms with Crippen molar-refractivity contribution in [3.8, 4) is 0 Å². The predicted molar refractivity (Wildman–Crippen MR) is 31.5 cm³/mol. The van der Waals surface area contributed by atoms with E-state index in [0.29, 0.717) is 11.8 Å². The van der Waals surface area contributed by atoms with E-state index in [1.165, 1.54) is 0 Å². The second-order valence-corrected chi connectivity index (χ2v) is 2.93. The minimum atomic E-state index is -2.31. The summed E-state index contributed by atoms with van der Waals surface area (Å²) in [6.07, 6.45) is 0.728. The lowest BCUT2D eigenvalue weighted by molar-refractivity contribution is 0.0984. The van der Waals surface area contributed by atoms with Crippen LogP contribution in [0.3, 0.4) is 0 Å². The molecule has 0 radical (unpaired) electrons. The molecule has 1 aliphatic carbocycles. The average Bonchev–Trinajstić information content (AvgIpc) is 2.15. The van der Waals surface area contributed by atoms with Gasteiger partial charge in [0, 0.05) is 17.7 Å². The highest BCUT2D eigenvalue weighted by atomic mass is 79.9. The molecule has 0 amide bonds. The molecular formula is C5H7BrF2. The van der Waals surface area contributed by atoms with Gasteiger partial charge in [0.1, 0.15) is 0 Å². The van der Waals surface area contributed by atoms with E-state index in [-0.39, 0.29) is 12.3 Å². The van der Waals surface area contributed by atoms with Crippen molar-refractivity contribution in [2.24, 2.45) is 5.92 Å². The fourth-order valence-corrected chi connectivity index (χ4v) is 1.27. The van der Waals surface area contributed by atoms with Crippen LogP contribution in [0.4, 0.5) is 8.78 Å². The van der Waals surface area contributed by atoms with Gasteiger partial charge in [0.15, 0.2) is 0 Å². The van der Waals surface area contributed by atoms with Crippen LogP contribution in [0.2, 0.25) is 0 Å².